The van der Waals surface area contributed by atoms with Gasteiger partial charge in [-0.1, -0.05) is 17.7 Å². The summed E-state index contributed by atoms with van der Waals surface area (Å²) in [4.78, 5) is 11.9. The average Bonchev–Trinajstić information content (AvgIpc) is 2.29. The number of hydrogen-bond acceptors (Lipinski definition) is 2. The van der Waals surface area contributed by atoms with Crippen molar-refractivity contribution in [1.82, 2.24) is 0 Å². The van der Waals surface area contributed by atoms with E-state index >= 15 is 0 Å². The summed E-state index contributed by atoms with van der Waals surface area (Å²) < 4.78 is 5.38. The Labute approximate surface area is 101 Å². The third-order valence-electron chi connectivity index (χ3n) is 2.19. The largest absolute Gasteiger partial charge is 0.370 e. The van der Waals surface area contributed by atoms with Crippen LogP contribution in [0.25, 0.3) is 0 Å². The first kappa shape index (κ1) is 12.9. The highest BCUT2D eigenvalue weighted by Gasteiger charge is 2.14. The number of ketones is 1. The van der Waals surface area contributed by atoms with Crippen molar-refractivity contribution in [2.24, 2.45) is 0 Å². The molecule has 0 aliphatic heterocycles. The van der Waals surface area contributed by atoms with Crippen LogP contribution in [0.15, 0.2) is 36.9 Å². The van der Waals surface area contributed by atoms with Crippen LogP contribution in [-0.4, -0.2) is 18.5 Å². The van der Waals surface area contributed by atoms with E-state index in [0.29, 0.717) is 17.2 Å². The molecule has 0 radical (unpaired) electrons. The highest BCUT2D eigenvalue weighted by Crippen LogP contribution is 2.12. The molecule has 0 bridgehead atoms. The van der Waals surface area contributed by atoms with Gasteiger partial charge in [0.2, 0.25) is 0 Å². The molecule has 0 saturated heterocycles. The Balaban J connectivity index is 2.56. The van der Waals surface area contributed by atoms with Crippen molar-refractivity contribution in [2.75, 3.05) is 6.61 Å². The summed E-state index contributed by atoms with van der Waals surface area (Å²) in [5, 5.41) is 0.622. The Hall–Kier alpha value is -1.12. The zero-order valence-electron chi connectivity index (χ0n) is 9.28. The van der Waals surface area contributed by atoms with Gasteiger partial charge in [-0.15, -0.1) is 6.58 Å². The highest BCUT2D eigenvalue weighted by molar-refractivity contribution is 6.30. The lowest BCUT2D eigenvalue weighted by Crippen LogP contribution is -2.21. The molecule has 0 aromatic heterocycles. The first-order chi connectivity index (χ1) is 7.65. The number of hydrogen-bond donors (Lipinski definition) is 0. The molecule has 1 unspecified atom stereocenters. The van der Waals surface area contributed by atoms with E-state index in [4.69, 9.17) is 16.3 Å². The van der Waals surface area contributed by atoms with E-state index in [0.717, 1.165) is 6.42 Å². The van der Waals surface area contributed by atoms with Crippen molar-refractivity contribution in [3.05, 3.63) is 47.5 Å². The fourth-order valence-electron chi connectivity index (χ4n) is 1.25. The van der Waals surface area contributed by atoms with Crippen molar-refractivity contribution in [1.29, 1.82) is 0 Å². The lowest BCUT2D eigenvalue weighted by Gasteiger charge is -2.11. The van der Waals surface area contributed by atoms with E-state index in [-0.39, 0.29) is 5.78 Å². The predicted octanol–water partition coefficient (Wildman–Crippen LogP) is 3.50. The molecule has 2 nitrogen and oxygen atoms in total. The molecule has 0 fully saturated rings. The summed E-state index contributed by atoms with van der Waals surface area (Å²) >= 11 is 5.74. The first-order valence-electron chi connectivity index (χ1n) is 5.17. The molecule has 1 rings (SSSR count). The van der Waals surface area contributed by atoms with Crippen molar-refractivity contribution in [2.45, 2.75) is 19.4 Å². The van der Waals surface area contributed by atoms with Crippen LogP contribution in [0.3, 0.4) is 0 Å². The summed E-state index contributed by atoms with van der Waals surface area (Å²) in [5.74, 6) is -0.0271. The van der Waals surface area contributed by atoms with Gasteiger partial charge in [0.05, 0.1) is 6.61 Å². The van der Waals surface area contributed by atoms with Gasteiger partial charge in [-0.05, 0) is 37.6 Å². The maximum atomic E-state index is 11.9. The topological polar surface area (TPSA) is 26.3 Å². The molecule has 3 heteroatoms. The molecule has 0 aliphatic carbocycles. The molecule has 0 spiro atoms. The molecule has 1 aromatic rings. The van der Waals surface area contributed by atoms with Gasteiger partial charge in [-0.3, -0.25) is 4.79 Å². The second-order valence-corrected chi connectivity index (χ2v) is 3.90. The van der Waals surface area contributed by atoms with Crippen molar-refractivity contribution in [3.63, 3.8) is 0 Å². The Morgan fingerprint density at radius 2 is 2.12 bits per heavy atom. The van der Waals surface area contributed by atoms with Gasteiger partial charge in [0.1, 0.15) is 6.10 Å². The van der Waals surface area contributed by atoms with E-state index in [1.165, 1.54) is 0 Å². The third kappa shape index (κ3) is 3.80. The van der Waals surface area contributed by atoms with Crippen LogP contribution >= 0.6 is 11.6 Å². The normalized spacial score (nSPS) is 12.1. The molecule has 1 aromatic carbocycles. The standard InChI is InChI=1S/C13H15ClO2/c1-3-4-9-16-10(2)13(15)11-5-7-12(14)8-6-11/h3,5-8,10H,1,4,9H2,2H3. The summed E-state index contributed by atoms with van der Waals surface area (Å²) in [7, 11) is 0. The molecule has 0 heterocycles. The minimum Gasteiger partial charge on any atom is -0.370 e. The Morgan fingerprint density at radius 3 is 2.69 bits per heavy atom. The van der Waals surface area contributed by atoms with Crippen LogP contribution in [0.1, 0.15) is 23.7 Å². The summed E-state index contributed by atoms with van der Waals surface area (Å²) in [5.41, 5.74) is 0.621. The molecule has 0 N–H and O–H groups in total. The van der Waals surface area contributed by atoms with E-state index in [9.17, 15) is 4.79 Å². The average molecular weight is 239 g/mol. The third-order valence-corrected chi connectivity index (χ3v) is 2.44. The van der Waals surface area contributed by atoms with Crippen molar-refractivity contribution >= 4 is 17.4 Å². The molecule has 86 valence electrons. The second kappa shape index (κ2) is 6.46. The Kier molecular flexibility index (Phi) is 5.23. The fourth-order valence-corrected chi connectivity index (χ4v) is 1.38. The van der Waals surface area contributed by atoms with Gasteiger partial charge in [0, 0.05) is 10.6 Å². The van der Waals surface area contributed by atoms with Gasteiger partial charge in [0.25, 0.3) is 0 Å². The van der Waals surface area contributed by atoms with Crippen LogP contribution in [-0.2, 0) is 4.74 Å². The minimum absolute atomic E-state index is 0.0271. The first-order valence-corrected chi connectivity index (χ1v) is 5.55. The number of rotatable bonds is 6. The maximum Gasteiger partial charge on any atom is 0.191 e. The predicted molar refractivity (Wildman–Crippen MR) is 66.0 cm³/mol. The number of benzene rings is 1. The zero-order chi connectivity index (χ0) is 12.0. The molecule has 16 heavy (non-hydrogen) atoms. The smallest absolute Gasteiger partial charge is 0.191 e. The lowest BCUT2D eigenvalue weighted by molar-refractivity contribution is 0.0492. The lowest BCUT2D eigenvalue weighted by atomic mass is 10.1. The molecule has 1 atom stereocenters. The molecular weight excluding hydrogens is 224 g/mol. The quantitative estimate of drug-likeness (QED) is 0.431. The fraction of sp³-hybridized carbons (Fsp3) is 0.308. The Morgan fingerprint density at radius 1 is 1.50 bits per heavy atom. The van der Waals surface area contributed by atoms with Crippen LogP contribution in [0.5, 0.6) is 0 Å². The number of carbonyl (C=O) groups is 1. The van der Waals surface area contributed by atoms with Gasteiger partial charge in [0.15, 0.2) is 5.78 Å². The number of halogens is 1. The highest BCUT2D eigenvalue weighted by atomic mass is 35.5. The molecular formula is C13H15ClO2. The van der Waals surface area contributed by atoms with Crippen LogP contribution in [0.2, 0.25) is 5.02 Å². The van der Waals surface area contributed by atoms with E-state index < -0.39 is 6.10 Å². The van der Waals surface area contributed by atoms with E-state index in [1.807, 2.05) is 0 Å². The summed E-state index contributed by atoms with van der Waals surface area (Å²) in [6, 6.07) is 6.81. The molecule has 0 aliphatic rings. The summed E-state index contributed by atoms with van der Waals surface area (Å²) in [6.45, 7) is 5.86. The van der Waals surface area contributed by atoms with Crippen LogP contribution in [0, 0.1) is 0 Å². The molecule has 0 saturated carbocycles. The number of Topliss-reactive ketones (excluding diaryl/α,β-unsaturated/α-hetero) is 1. The van der Waals surface area contributed by atoms with E-state index in [2.05, 4.69) is 6.58 Å². The summed E-state index contributed by atoms with van der Waals surface area (Å²) in [6.07, 6.45) is 2.08. The second-order valence-electron chi connectivity index (χ2n) is 3.46. The van der Waals surface area contributed by atoms with Crippen LogP contribution < -0.4 is 0 Å². The van der Waals surface area contributed by atoms with Crippen molar-refractivity contribution < 1.29 is 9.53 Å². The van der Waals surface area contributed by atoms with Crippen molar-refractivity contribution in [3.8, 4) is 0 Å². The number of ether oxygens (including phenoxy) is 1. The SMILES string of the molecule is C=CCCOC(C)C(=O)c1ccc(Cl)cc1. The van der Waals surface area contributed by atoms with Gasteiger partial charge >= 0.3 is 0 Å². The van der Waals surface area contributed by atoms with Gasteiger partial charge < -0.3 is 4.74 Å². The molecule has 0 amide bonds. The Bertz CT molecular complexity index is 357. The van der Waals surface area contributed by atoms with Crippen LogP contribution in [0.4, 0.5) is 0 Å². The maximum absolute atomic E-state index is 11.9. The van der Waals surface area contributed by atoms with E-state index in [1.54, 1.807) is 37.3 Å². The van der Waals surface area contributed by atoms with Gasteiger partial charge in [-0.25, -0.2) is 0 Å². The zero-order valence-corrected chi connectivity index (χ0v) is 10.0. The minimum atomic E-state index is -0.430. The van der Waals surface area contributed by atoms with Gasteiger partial charge in [-0.2, -0.15) is 0 Å². The monoisotopic (exact) mass is 238 g/mol. The number of carbonyl (C=O) groups excluding carboxylic acids is 1.